The number of nitrogens with zero attached hydrogens (tertiary/aromatic N) is 4. The van der Waals surface area contributed by atoms with E-state index in [0.717, 1.165) is 39.3 Å². The molecule has 0 saturated carbocycles. The van der Waals surface area contributed by atoms with Crippen molar-refractivity contribution >= 4 is 77.0 Å². The Morgan fingerprint density at radius 2 is 0.913 bits per heavy atom. The number of aliphatic imine (C=N–C) groups is 1. The average molecular weight is 591 g/mol. The third kappa shape index (κ3) is 3.77. The Bertz CT molecular complexity index is 2620. The number of hydrogen-bond acceptors (Lipinski definition) is 1. The number of allylic oxidation sites excluding steroid dienone is 2. The predicted molar refractivity (Wildman–Crippen MR) is 196 cm³/mol. The summed E-state index contributed by atoms with van der Waals surface area (Å²) in [6, 6.07) is 49.7. The van der Waals surface area contributed by atoms with Crippen molar-refractivity contribution in [2.24, 2.45) is 4.99 Å². The lowest BCUT2D eigenvalue weighted by molar-refractivity contribution is 1.17. The van der Waals surface area contributed by atoms with Crippen LogP contribution in [-0.4, -0.2) is 19.5 Å². The Balaban J connectivity index is 1.23. The van der Waals surface area contributed by atoms with Gasteiger partial charge >= 0.3 is 0 Å². The third-order valence-corrected chi connectivity index (χ3v) is 9.22. The Morgan fingerprint density at radius 3 is 1.43 bits per heavy atom. The van der Waals surface area contributed by atoms with Crippen molar-refractivity contribution in [3.63, 3.8) is 0 Å². The van der Waals surface area contributed by atoms with E-state index in [9.17, 15) is 0 Å². The molecule has 0 saturated heterocycles. The molecule has 0 atom stereocenters. The molecule has 0 aliphatic rings. The van der Waals surface area contributed by atoms with Crippen LogP contribution in [0.4, 0.5) is 0 Å². The molecule has 0 N–H and O–H groups in total. The SMILES string of the molecule is C=C/C(=N\C=C(/C)n1c2ccccc2c2cc(-n3c4ccccc4c4ccccc43)ccc21)n1c2ccccc2c2ccccc21. The molecule has 218 valence electrons. The third-order valence-electron chi connectivity index (χ3n) is 9.22. The maximum Gasteiger partial charge on any atom is 0.137 e. The molecule has 46 heavy (non-hydrogen) atoms. The first-order chi connectivity index (χ1) is 22.7. The fourth-order valence-electron chi connectivity index (χ4n) is 7.27. The second-order valence-corrected chi connectivity index (χ2v) is 11.8. The summed E-state index contributed by atoms with van der Waals surface area (Å²) < 4.78 is 6.90. The lowest BCUT2D eigenvalue weighted by Crippen LogP contribution is -2.08. The van der Waals surface area contributed by atoms with Gasteiger partial charge in [0.2, 0.25) is 0 Å². The van der Waals surface area contributed by atoms with E-state index in [1.807, 2.05) is 12.3 Å². The van der Waals surface area contributed by atoms with Crippen LogP contribution in [0.1, 0.15) is 6.92 Å². The van der Waals surface area contributed by atoms with Crippen molar-refractivity contribution in [2.75, 3.05) is 0 Å². The minimum Gasteiger partial charge on any atom is -0.312 e. The molecule has 3 heterocycles. The summed E-state index contributed by atoms with van der Waals surface area (Å²) in [4.78, 5) is 5.06. The molecular formula is C42H30N4. The monoisotopic (exact) mass is 590 g/mol. The van der Waals surface area contributed by atoms with Gasteiger partial charge in [0.05, 0.1) is 33.1 Å². The van der Waals surface area contributed by atoms with E-state index in [0.29, 0.717) is 0 Å². The highest BCUT2D eigenvalue weighted by Crippen LogP contribution is 2.37. The molecule has 0 spiro atoms. The van der Waals surface area contributed by atoms with Crippen molar-refractivity contribution in [3.8, 4) is 5.69 Å². The highest BCUT2D eigenvalue weighted by Gasteiger charge is 2.16. The first kappa shape index (κ1) is 26.3. The average Bonchev–Trinajstić information content (AvgIpc) is 3.74. The topological polar surface area (TPSA) is 27.1 Å². The normalized spacial score (nSPS) is 12.8. The van der Waals surface area contributed by atoms with Gasteiger partial charge < -0.3 is 9.13 Å². The molecule has 9 aromatic rings. The fourth-order valence-corrected chi connectivity index (χ4v) is 7.27. The summed E-state index contributed by atoms with van der Waals surface area (Å²) in [5, 5.41) is 7.35. The zero-order chi connectivity index (χ0) is 30.8. The van der Waals surface area contributed by atoms with Crippen LogP contribution in [0.25, 0.3) is 76.8 Å². The van der Waals surface area contributed by atoms with Gasteiger partial charge in [0.1, 0.15) is 5.84 Å². The standard InChI is InChI=1S/C42H30N4/c1-3-42(46-39-22-12-6-16-32(39)33-17-7-13-23-40(33)46)43-27-28(2)44-36-19-9-8-18-34(36)35-26-29(24-25-41(35)44)45-37-20-10-4-14-30(37)31-15-5-11-21-38(31)45/h3-27H,1H2,2H3/b28-27+,43-42+. The molecule has 4 heteroatoms. The number of fused-ring (bicyclic) bond motifs is 9. The van der Waals surface area contributed by atoms with Crippen LogP contribution in [0.2, 0.25) is 0 Å². The van der Waals surface area contributed by atoms with Crippen LogP contribution in [-0.2, 0) is 0 Å². The summed E-state index contributed by atoms with van der Waals surface area (Å²) >= 11 is 0. The molecule has 3 aromatic heterocycles. The maximum absolute atomic E-state index is 5.06. The smallest absolute Gasteiger partial charge is 0.137 e. The van der Waals surface area contributed by atoms with Crippen molar-refractivity contribution in [1.82, 2.24) is 13.7 Å². The van der Waals surface area contributed by atoms with E-state index < -0.39 is 0 Å². The van der Waals surface area contributed by atoms with Gasteiger partial charge in [-0.25, -0.2) is 4.99 Å². The van der Waals surface area contributed by atoms with Crippen molar-refractivity contribution in [3.05, 3.63) is 158 Å². The van der Waals surface area contributed by atoms with Crippen LogP contribution in [0.15, 0.2) is 163 Å². The van der Waals surface area contributed by atoms with Crippen LogP contribution in [0.5, 0.6) is 0 Å². The van der Waals surface area contributed by atoms with E-state index in [1.165, 1.54) is 43.4 Å². The highest BCUT2D eigenvalue weighted by atomic mass is 15.1. The summed E-state index contributed by atoms with van der Waals surface area (Å²) in [5.41, 5.74) is 9.11. The van der Waals surface area contributed by atoms with Crippen LogP contribution < -0.4 is 0 Å². The number of para-hydroxylation sites is 5. The molecule has 0 aliphatic carbocycles. The fraction of sp³-hybridized carbons (Fsp3) is 0.0238. The largest absolute Gasteiger partial charge is 0.312 e. The van der Waals surface area contributed by atoms with Gasteiger partial charge in [0, 0.05) is 49.9 Å². The van der Waals surface area contributed by atoms with Gasteiger partial charge in [-0.05, 0) is 61.5 Å². The van der Waals surface area contributed by atoms with Gasteiger partial charge in [0.25, 0.3) is 0 Å². The minimum absolute atomic E-state index is 0.783. The Labute approximate surface area is 266 Å². The highest BCUT2D eigenvalue weighted by molar-refractivity contribution is 6.16. The summed E-state index contributed by atoms with van der Waals surface area (Å²) in [6.45, 7) is 6.29. The molecule has 0 fully saturated rings. The first-order valence-corrected chi connectivity index (χ1v) is 15.6. The van der Waals surface area contributed by atoms with E-state index in [-0.39, 0.29) is 0 Å². The number of rotatable bonds is 4. The van der Waals surface area contributed by atoms with Crippen LogP contribution >= 0.6 is 0 Å². The molecule has 4 nitrogen and oxygen atoms in total. The second-order valence-electron chi connectivity index (χ2n) is 11.8. The van der Waals surface area contributed by atoms with Crippen molar-refractivity contribution in [2.45, 2.75) is 6.92 Å². The predicted octanol–water partition coefficient (Wildman–Crippen LogP) is 11.0. The maximum atomic E-state index is 5.06. The van der Waals surface area contributed by atoms with Crippen LogP contribution in [0, 0.1) is 0 Å². The van der Waals surface area contributed by atoms with E-state index >= 15 is 0 Å². The number of hydrogen-bond donors (Lipinski definition) is 0. The van der Waals surface area contributed by atoms with Gasteiger partial charge in [-0.2, -0.15) is 0 Å². The van der Waals surface area contributed by atoms with Gasteiger partial charge in [-0.15, -0.1) is 0 Å². The van der Waals surface area contributed by atoms with Crippen molar-refractivity contribution in [1.29, 1.82) is 0 Å². The quantitative estimate of drug-likeness (QED) is 0.144. The van der Waals surface area contributed by atoms with Gasteiger partial charge in [-0.3, -0.25) is 4.57 Å². The molecule has 0 unspecified atom stereocenters. The molecule has 9 rings (SSSR count). The van der Waals surface area contributed by atoms with E-state index in [4.69, 9.17) is 4.99 Å². The summed E-state index contributed by atoms with van der Waals surface area (Å²) in [6.07, 6.45) is 3.81. The summed E-state index contributed by atoms with van der Waals surface area (Å²) in [7, 11) is 0. The summed E-state index contributed by atoms with van der Waals surface area (Å²) in [5.74, 6) is 0.783. The van der Waals surface area contributed by atoms with Gasteiger partial charge in [0.15, 0.2) is 0 Å². The molecule has 0 radical (unpaired) electrons. The molecule has 0 amide bonds. The molecule has 0 bridgehead atoms. The minimum atomic E-state index is 0.783. The Kier molecular flexibility index (Phi) is 5.84. The molecular weight excluding hydrogens is 560 g/mol. The van der Waals surface area contributed by atoms with Crippen LogP contribution in [0.3, 0.4) is 0 Å². The lowest BCUT2D eigenvalue weighted by atomic mass is 10.1. The van der Waals surface area contributed by atoms with Crippen molar-refractivity contribution < 1.29 is 0 Å². The lowest BCUT2D eigenvalue weighted by Gasteiger charge is -2.11. The van der Waals surface area contributed by atoms with E-state index in [1.54, 1.807) is 0 Å². The molecule has 0 aliphatic heterocycles. The zero-order valence-corrected chi connectivity index (χ0v) is 25.4. The number of aromatic nitrogens is 3. The Hall–Kier alpha value is -6.13. The zero-order valence-electron chi connectivity index (χ0n) is 25.4. The first-order valence-electron chi connectivity index (χ1n) is 15.6. The second kappa shape index (κ2) is 10.2. The van der Waals surface area contributed by atoms with Gasteiger partial charge in [-0.1, -0.05) is 97.6 Å². The number of benzene rings is 6. The molecule has 6 aromatic carbocycles. The van der Waals surface area contributed by atoms with E-state index in [2.05, 4.69) is 167 Å². The Morgan fingerprint density at radius 1 is 0.500 bits per heavy atom.